The number of carboxylic acid groups (broad SMARTS) is 1. The van der Waals surface area contributed by atoms with Crippen molar-refractivity contribution in [1.29, 1.82) is 0 Å². The van der Waals surface area contributed by atoms with Gasteiger partial charge >= 0.3 is 5.97 Å². The Morgan fingerprint density at radius 3 is 1.19 bits per heavy atom. The predicted molar refractivity (Wildman–Crippen MR) is 289 cm³/mol. The maximum absolute atomic E-state index is 13.9. The molecule has 18 N–H and O–H groups in total. The first kappa shape index (κ1) is 71.2. The Kier molecular flexibility index (Phi) is 33.6. The zero-order chi connectivity index (χ0) is 59.4. The molecule has 29 heteroatoms. The van der Waals surface area contributed by atoms with Gasteiger partial charge in [0.25, 0.3) is 0 Å². The number of aliphatic hydroxyl groups excluding tert-OH is 2. The third kappa shape index (κ3) is 28.4. The summed E-state index contributed by atoms with van der Waals surface area (Å²) in [5.74, 6) is -11.5. The second-order valence-electron chi connectivity index (χ2n) is 20.1. The second kappa shape index (κ2) is 36.3. The van der Waals surface area contributed by atoms with Gasteiger partial charge < -0.3 is 80.4 Å². The fourth-order valence-electron chi connectivity index (χ4n) is 7.32. The van der Waals surface area contributed by atoms with Crippen molar-refractivity contribution in [2.45, 2.75) is 186 Å². The average molecular weight is 1140 g/mol. The van der Waals surface area contributed by atoms with E-state index in [9.17, 15) is 72.9 Å². The quantitative estimate of drug-likeness (QED) is 0.0283. The highest BCUT2D eigenvalue weighted by Gasteiger charge is 2.37. The fraction of sp³-hybridized carbons (Fsp3) is 0.750. The molecule has 0 aliphatic heterocycles. The molecule has 77 heavy (non-hydrogen) atoms. The molecule has 0 aliphatic rings. The van der Waals surface area contributed by atoms with Crippen LogP contribution in [0.25, 0.3) is 0 Å². The monoisotopic (exact) mass is 1130 g/mol. The number of nitrogens with one attached hydrogen (secondary N) is 9. The van der Waals surface area contributed by atoms with Crippen LogP contribution in [-0.2, 0) is 57.5 Å². The first-order valence-corrected chi connectivity index (χ1v) is 28.2. The topological polar surface area (TPSA) is 452 Å². The van der Waals surface area contributed by atoms with E-state index >= 15 is 0 Å². The van der Waals surface area contributed by atoms with Crippen molar-refractivity contribution >= 4 is 94.5 Å². The minimum atomic E-state index is -1.80. The van der Waals surface area contributed by atoms with E-state index in [1.807, 2.05) is 13.8 Å². The number of amides is 11. The highest BCUT2D eigenvalue weighted by atomic mass is 32.2. The van der Waals surface area contributed by atoms with Gasteiger partial charge in [-0.2, -0.15) is 23.5 Å². The smallest absolute Gasteiger partial charge is 0.326 e. The molecule has 27 nitrogen and oxygen atoms in total. The lowest BCUT2D eigenvalue weighted by molar-refractivity contribution is -0.143. The van der Waals surface area contributed by atoms with Gasteiger partial charge in [0.1, 0.15) is 54.4 Å². The number of nitrogens with two attached hydrogens (primary N) is 3. The van der Waals surface area contributed by atoms with Crippen LogP contribution < -0.4 is 65.1 Å². The Labute approximate surface area is 458 Å². The molecule has 12 atom stereocenters. The molecule has 0 aromatic rings. The van der Waals surface area contributed by atoms with Crippen LogP contribution in [0.5, 0.6) is 0 Å². The molecule has 0 heterocycles. The summed E-state index contributed by atoms with van der Waals surface area (Å²) in [4.78, 5) is 158. The average Bonchev–Trinajstić information content (AvgIpc) is 3.31. The predicted octanol–water partition coefficient (Wildman–Crippen LogP) is -3.67. The molecular weight excluding hydrogens is 1050 g/mol. The molecule has 0 aromatic carbocycles. The molecule has 0 radical (unpaired) electrons. The van der Waals surface area contributed by atoms with Crippen molar-refractivity contribution in [3.05, 3.63) is 0 Å². The number of aliphatic hydroxyl groups is 2. The van der Waals surface area contributed by atoms with Gasteiger partial charge in [0.15, 0.2) is 0 Å². The first-order chi connectivity index (χ1) is 35.8. The Hall–Kier alpha value is -5.78. The van der Waals surface area contributed by atoms with Crippen LogP contribution in [0.15, 0.2) is 0 Å². The molecule has 0 saturated heterocycles. The minimum Gasteiger partial charge on any atom is -0.480 e. The second-order valence-corrected chi connectivity index (χ2v) is 22.1. The van der Waals surface area contributed by atoms with Gasteiger partial charge in [0, 0.05) is 6.42 Å². The van der Waals surface area contributed by atoms with Gasteiger partial charge in [0.2, 0.25) is 65.0 Å². The largest absolute Gasteiger partial charge is 0.480 e. The lowest BCUT2D eigenvalue weighted by Gasteiger charge is -2.29. The van der Waals surface area contributed by atoms with E-state index in [2.05, 4.69) is 47.9 Å². The van der Waals surface area contributed by atoms with E-state index in [0.29, 0.717) is 17.9 Å². The lowest BCUT2D eigenvalue weighted by atomic mass is 10.0. The fourth-order valence-corrected chi connectivity index (χ4v) is 8.27. The van der Waals surface area contributed by atoms with E-state index in [4.69, 9.17) is 17.2 Å². The summed E-state index contributed by atoms with van der Waals surface area (Å²) in [5.41, 5.74) is 16.9. The lowest BCUT2D eigenvalue weighted by Crippen LogP contribution is -2.63. The molecule has 0 aromatic heterocycles. The maximum Gasteiger partial charge on any atom is 0.326 e. The summed E-state index contributed by atoms with van der Waals surface area (Å²) >= 11 is 2.74. The molecule has 0 aliphatic carbocycles. The number of carbonyl (C=O) groups excluding carboxylic acids is 11. The number of aliphatic carboxylic acids is 1. The zero-order valence-electron chi connectivity index (χ0n) is 46.0. The van der Waals surface area contributed by atoms with E-state index < -0.39 is 163 Å². The van der Waals surface area contributed by atoms with Crippen molar-refractivity contribution in [3.8, 4) is 0 Å². The van der Waals surface area contributed by atoms with Crippen molar-refractivity contribution < 1.29 is 72.9 Å². The zero-order valence-corrected chi connectivity index (χ0v) is 47.7. The number of hydrogen-bond acceptors (Lipinski definition) is 17. The third-order valence-electron chi connectivity index (χ3n) is 11.4. The standard InChI is InChI=1S/C48H86N12O15S2/c1-22(2)18-28(49)40(66)53-30(14-16-76-10)42(68)57-32(19-23(3)4)44(70)54-29(12-13-35(50)63)41(67)58-34(21-36(51)64)43(69)52-25(7)39(65)56-33(20-24(5)6)45(71)59-38(27(9)62)47(73)60-37(26(8)61)46(72)55-31(48(74)75)15-17-77-11/h22-34,37-38,61-62H,12-21,49H2,1-11H3,(H2,50,63)(H2,51,64)(H,52,69)(H,53,66)(H,54,70)(H,55,72)(H,56,65)(H,57,68)(H,58,67)(H,59,71)(H,60,73)(H,74,75)/t25-,26+,27+,28-,29-,30-,31-,32-,33-,34-,37-,38-/m0/s1. The number of thioether (sulfide) groups is 2. The summed E-state index contributed by atoms with van der Waals surface area (Å²) in [7, 11) is 0. The summed E-state index contributed by atoms with van der Waals surface area (Å²) in [5, 5.41) is 52.2. The van der Waals surface area contributed by atoms with E-state index in [1.165, 1.54) is 30.4 Å². The molecule has 0 spiro atoms. The van der Waals surface area contributed by atoms with Gasteiger partial charge in [-0.15, -0.1) is 0 Å². The van der Waals surface area contributed by atoms with Gasteiger partial charge in [-0.1, -0.05) is 41.5 Å². The number of hydrogen-bond donors (Lipinski definition) is 15. The normalized spacial score (nSPS) is 16.0. The third-order valence-corrected chi connectivity index (χ3v) is 12.7. The Bertz CT molecular complexity index is 2010. The molecule has 440 valence electrons. The summed E-state index contributed by atoms with van der Waals surface area (Å²) in [6, 6.07) is -14.5. The van der Waals surface area contributed by atoms with Gasteiger partial charge in [-0.05, 0) is 101 Å². The van der Waals surface area contributed by atoms with E-state index in [-0.39, 0.29) is 43.4 Å². The Balaban J connectivity index is 6.47. The summed E-state index contributed by atoms with van der Waals surface area (Å²) in [6.45, 7) is 14.2. The maximum atomic E-state index is 13.9. The van der Waals surface area contributed by atoms with Crippen molar-refractivity contribution in [2.24, 2.45) is 35.0 Å². The summed E-state index contributed by atoms with van der Waals surface area (Å²) in [6.07, 6.45) is -0.848. The Morgan fingerprint density at radius 2 is 0.766 bits per heavy atom. The van der Waals surface area contributed by atoms with Crippen LogP contribution in [0.1, 0.15) is 114 Å². The molecule has 0 unspecified atom stereocenters. The first-order valence-electron chi connectivity index (χ1n) is 25.4. The highest BCUT2D eigenvalue weighted by Crippen LogP contribution is 2.12. The molecule has 0 fully saturated rings. The van der Waals surface area contributed by atoms with Gasteiger partial charge in [-0.25, -0.2) is 4.79 Å². The number of primary amides is 2. The van der Waals surface area contributed by atoms with E-state index in [0.717, 1.165) is 13.8 Å². The van der Waals surface area contributed by atoms with Gasteiger partial charge in [0.05, 0.1) is 24.7 Å². The number of carboxylic acids is 1. The van der Waals surface area contributed by atoms with Crippen LogP contribution >= 0.6 is 23.5 Å². The number of rotatable bonds is 38. The van der Waals surface area contributed by atoms with Gasteiger partial charge in [-0.3, -0.25) is 52.7 Å². The molecular formula is C48H86N12O15S2. The molecule has 0 bridgehead atoms. The SMILES string of the molecule is CSCC[C@H](NC(=O)[C@@H](NC(=O)[C@@H](NC(=O)[C@H](CC(C)C)NC(=O)[C@H](C)NC(=O)[C@H](CC(N)=O)NC(=O)[C@H](CCC(N)=O)NC(=O)[C@H](CC(C)C)NC(=O)[C@H](CCSC)NC(=O)[C@@H](N)CC(C)C)[C@@H](C)O)[C@@H](C)O)C(=O)O. The van der Waals surface area contributed by atoms with Crippen molar-refractivity contribution in [1.82, 2.24) is 47.9 Å². The van der Waals surface area contributed by atoms with Crippen molar-refractivity contribution in [3.63, 3.8) is 0 Å². The van der Waals surface area contributed by atoms with Crippen molar-refractivity contribution in [2.75, 3.05) is 24.0 Å². The van der Waals surface area contributed by atoms with Crippen LogP contribution in [0.3, 0.4) is 0 Å². The van der Waals surface area contributed by atoms with Crippen LogP contribution in [0.2, 0.25) is 0 Å². The van der Waals surface area contributed by atoms with Crippen LogP contribution in [0, 0.1) is 17.8 Å². The van der Waals surface area contributed by atoms with Crippen LogP contribution in [0.4, 0.5) is 0 Å². The summed E-state index contributed by atoms with van der Waals surface area (Å²) < 4.78 is 0. The van der Waals surface area contributed by atoms with E-state index in [1.54, 1.807) is 40.2 Å². The minimum absolute atomic E-state index is 0.0242. The molecule has 0 rings (SSSR count). The number of carbonyl (C=O) groups is 12. The Morgan fingerprint density at radius 1 is 0.416 bits per heavy atom. The molecule has 11 amide bonds. The van der Waals surface area contributed by atoms with Crippen LogP contribution in [-0.4, -0.2) is 183 Å². The highest BCUT2D eigenvalue weighted by molar-refractivity contribution is 7.98. The molecule has 0 saturated carbocycles.